The van der Waals surface area contributed by atoms with Crippen LogP contribution in [0.5, 0.6) is 0 Å². The van der Waals surface area contributed by atoms with Gasteiger partial charge >= 0.3 is 6.09 Å². The van der Waals surface area contributed by atoms with Crippen molar-refractivity contribution in [2.45, 2.75) is 19.8 Å². The number of hydrogen-bond donors (Lipinski definition) is 1. The molecule has 130 valence electrons. The maximum Gasteiger partial charge on any atom is 0.407 e. The van der Waals surface area contributed by atoms with Crippen molar-refractivity contribution < 1.29 is 35.2 Å². The van der Waals surface area contributed by atoms with Gasteiger partial charge in [0.2, 0.25) is 5.91 Å². The summed E-state index contributed by atoms with van der Waals surface area (Å²) in [6.45, 7) is 6.06. The van der Waals surface area contributed by atoms with E-state index in [-0.39, 0.29) is 40.7 Å². The molecule has 1 fully saturated rings. The Labute approximate surface area is 145 Å². The summed E-state index contributed by atoms with van der Waals surface area (Å²) in [6.07, 6.45) is 0.967. The number of rotatable bonds is 3. The van der Waals surface area contributed by atoms with Crippen LogP contribution in [0.2, 0.25) is 0 Å². The van der Waals surface area contributed by atoms with Crippen LogP contribution < -0.4 is 5.32 Å². The molecule has 7 heteroatoms. The van der Waals surface area contributed by atoms with E-state index in [4.69, 9.17) is 4.74 Å². The average molecular weight is 366 g/mol. The Bertz CT molecular complexity index is 568. The van der Waals surface area contributed by atoms with E-state index in [2.05, 4.69) is 12.2 Å². The van der Waals surface area contributed by atoms with Crippen LogP contribution in [0.25, 0.3) is 0 Å². The molecule has 1 atom stereocenters. The van der Waals surface area contributed by atoms with Gasteiger partial charge in [0.25, 0.3) is 0 Å². The summed E-state index contributed by atoms with van der Waals surface area (Å²) >= 11 is 0. The minimum Gasteiger partial charge on any atom is -0.483 e. The van der Waals surface area contributed by atoms with Gasteiger partial charge in [-0.3, -0.25) is 4.79 Å². The average Bonchev–Trinajstić information content (AvgIpc) is 2.51. The molecule has 0 aromatic heterocycles. The van der Waals surface area contributed by atoms with Gasteiger partial charge in [-0.2, -0.15) is 0 Å². The zero-order valence-corrected chi connectivity index (χ0v) is 13.9. The van der Waals surface area contributed by atoms with Gasteiger partial charge in [-0.1, -0.05) is 6.07 Å². The molecule has 2 rings (SSSR count). The van der Waals surface area contributed by atoms with Crippen molar-refractivity contribution in [2.75, 3.05) is 25.0 Å². The van der Waals surface area contributed by atoms with Crippen molar-refractivity contribution in [3.63, 3.8) is 0 Å². The Kier molecular flexibility index (Phi) is 7.49. The molecule has 1 aromatic carbocycles. The van der Waals surface area contributed by atoms with E-state index in [0.717, 1.165) is 6.42 Å². The van der Waals surface area contributed by atoms with Gasteiger partial charge < -0.3 is 21.9 Å². The SMILES string of the molecule is [CH2-]COC(=O)N1CCC[C@H](C(=O)Nc2ccc(C)c(F)c2)C1.[Ni]. The van der Waals surface area contributed by atoms with E-state index in [1.807, 2.05) is 0 Å². The van der Waals surface area contributed by atoms with Crippen molar-refractivity contribution in [1.29, 1.82) is 0 Å². The Balaban J connectivity index is 0.00000264. The number of halogens is 1. The molecule has 1 heterocycles. The van der Waals surface area contributed by atoms with Gasteiger partial charge in [0.1, 0.15) is 5.82 Å². The summed E-state index contributed by atoms with van der Waals surface area (Å²) in [6, 6.07) is 4.57. The summed E-state index contributed by atoms with van der Waals surface area (Å²) in [5.74, 6) is -0.895. The zero-order valence-electron chi connectivity index (χ0n) is 12.9. The zero-order chi connectivity index (χ0) is 16.1. The molecule has 1 N–H and O–H groups in total. The number of hydrogen-bond acceptors (Lipinski definition) is 3. The van der Waals surface area contributed by atoms with Crippen LogP contribution in [0, 0.1) is 25.6 Å². The molecule has 0 spiro atoms. The molecule has 0 unspecified atom stereocenters. The summed E-state index contributed by atoms with van der Waals surface area (Å²) in [5, 5.41) is 2.70. The molecule has 0 bridgehead atoms. The minimum absolute atomic E-state index is 0. The molecule has 0 aliphatic carbocycles. The summed E-state index contributed by atoms with van der Waals surface area (Å²) in [7, 11) is 0. The largest absolute Gasteiger partial charge is 0.483 e. The number of carbonyl (C=O) groups excluding carboxylic acids is 2. The molecule has 0 saturated carbocycles. The van der Waals surface area contributed by atoms with Crippen LogP contribution in [0.15, 0.2) is 18.2 Å². The van der Waals surface area contributed by atoms with Crippen molar-refractivity contribution in [3.05, 3.63) is 36.5 Å². The van der Waals surface area contributed by atoms with Gasteiger partial charge in [0.05, 0.1) is 5.92 Å². The first-order valence-corrected chi connectivity index (χ1v) is 7.29. The number of anilines is 1. The van der Waals surface area contributed by atoms with Crippen LogP contribution in [0.4, 0.5) is 14.9 Å². The van der Waals surface area contributed by atoms with Crippen molar-refractivity contribution in [3.8, 4) is 0 Å². The third kappa shape index (κ3) is 5.20. The number of piperidine rings is 1. The molecule has 1 aliphatic heterocycles. The van der Waals surface area contributed by atoms with Crippen LogP contribution >= 0.6 is 0 Å². The monoisotopic (exact) mass is 365 g/mol. The Hall–Kier alpha value is -1.62. The van der Waals surface area contributed by atoms with Crippen molar-refractivity contribution in [2.24, 2.45) is 5.92 Å². The van der Waals surface area contributed by atoms with Crippen molar-refractivity contribution in [1.82, 2.24) is 4.90 Å². The molecule has 2 amide bonds. The maximum atomic E-state index is 13.5. The number of carbonyl (C=O) groups is 2. The van der Waals surface area contributed by atoms with Crippen LogP contribution in [-0.2, 0) is 26.0 Å². The first kappa shape index (κ1) is 19.4. The molecule has 0 radical (unpaired) electrons. The molecule has 1 saturated heterocycles. The number of nitrogens with zero attached hydrogens (tertiary/aromatic N) is 1. The van der Waals surface area contributed by atoms with Crippen molar-refractivity contribution >= 4 is 17.7 Å². The summed E-state index contributed by atoms with van der Waals surface area (Å²) in [5.41, 5.74) is 0.948. The van der Waals surface area contributed by atoms with E-state index in [0.29, 0.717) is 30.8 Å². The Morgan fingerprint density at radius 3 is 2.87 bits per heavy atom. The third-order valence-electron chi connectivity index (χ3n) is 3.72. The number of ether oxygens (including phenoxy) is 1. The minimum atomic E-state index is -0.450. The fourth-order valence-electron chi connectivity index (χ4n) is 2.45. The van der Waals surface area contributed by atoms with Gasteiger partial charge in [-0.05, 0) is 44.1 Å². The molecule has 1 aromatic rings. The first-order valence-electron chi connectivity index (χ1n) is 7.29. The predicted octanol–water partition coefficient (Wildman–Crippen LogP) is 2.75. The van der Waals surface area contributed by atoms with E-state index < -0.39 is 6.09 Å². The second-order valence-corrected chi connectivity index (χ2v) is 5.35. The van der Waals surface area contributed by atoms with Crippen LogP contribution in [0.1, 0.15) is 18.4 Å². The van der Waals surface area contributed by atoms with Gasteiger partial charge in [-0.15, -0.1) is 0 Å². The normalized spacial score (nSPS) is 17.2. The van der Waals surface area contributed by atoms with Crippen LogP contribution in [0.3, 0.4) is 0 Å². The topological polar surface area (TPSA) is 58.6 Å². The molecular formula is C16H20FN2NiO3-. The number of benzene rings is 1. The van der Waals surface area contributed by atoms with E-state index >= 15 is 0 Å². The predicted molar refractivity (Wildman–Crippen MR) is 80.8 cm³/mol. The maximum absolute atomic E-state index is 13.5. The number of aryl methyl sites for hydroxylation is 1. The summed E-state index contributed by atoms with van der Waals surface area (Å²) in [4.78, 5) is 25.5. The fourth-order valence-corrected chi connectivity index (χ4v) is 2.45. The molecule has 1 aliphatic rings. The van der Waals surface area contributed by atoms with Crippen LogP contribution in [-0.4, -0.2) is 36.6 Å². The standard InChI is InChI=1S/C16H20FN2O3.Ni/c1-3-22-16(21)19-8-4-5-12(10-19)15(20)18-13-7-6-11(2)14(17)9-13;/h6-7,9,12H,1,3-5,8,10H2,2H3,(H,18,20);/q-1;/t12-;/m0./s1. The molecule has 5 nitrogen and oxygen atoms in total. The third-order valence-corrected chi connectivity index (χ3v) is 3.72. The second-order valence-electron chi connectivity index (χ2n) is 5.35. The second kappa shape index (κ2) is 8.87. The van der Waals surface area contributed by atoms with Gasteiger partial charge in [0.15, 0.2) is 0 Å². The van der Waals surface area contributed by atoms with E-state index in [9.17, 15) is 14.0 Å². The van der Waals surface area contributed by atoms with E-state index in [1.165, 1.54) is 11.0 Å². The smallest absolute Gasteiger partial charge is 0.407 e. The Morgan fingerprint density at radius 1 is 1.48 bits per heavy atom. The van der Waals surface area contributed by atoms with Gasteiger partial charge in [0, 0.05) is 35.3 Å². The number of nitrogens with one attached hydrogen (secondary N) is 1. The number of amides is 2. The van der Waals surface area contributed by atoms with E-state index in [1.54, 1.807) is 19.1 Å². The molecule has 23 heavy (non-hydrogen) atoms. The molecular weight excluding hydrogens is 346 g/mol. The summed E-state index contributed by atoms with van der Waals surface area (Å²) < 4.78 is 18.3. The van der Waals surface area contributed by atoms with Gasteiger partial charge in [-0.25, -0.2) is 9.18 Å². The number of likely N-dealkylation sites (tertiary alicyclic amines) is 1. The quantitative estimate of drug-likeness (QED) is 0.661. The first-order chi connectivity index (χ1) is 10.5. The fraction of sp³-hybridized carbons (Fsp3) is 0.438. The Morgan fingerprint density at radius 2 is 2.22 bits per heavy atom.